The minimum absolute atomic E-state index is 0.225. The molecule has 0 saturated carbocycles. The standard InChI is InChI=1S/C23H21FIN9S/c24-16-2-1-7-28-17(16)12-30-22-21-23(32-14-31-22)35-20(33-21)6-11-27-10-5-19-29-13-18(34(19)25)15-3-8-26-9-4-15/h1-4,7-9,13-14,27H,5-6,10-12H2,(H,30,31,32). The van der Waals surface area contributed by atoms with E-state index in [-0.39, 0.29) is 12.4 Å². The molecule has 5 rings (SSSR count). The predicted octanol–water partition coefficient (Wildman–Crippen LogP) is 4.06. The third-order valence-electron chi connectivity index (χ3n) is 5.29. The van der Waals surface area contributed by atoms with Gasteiger partial charge in [0.15, 0.2) is 5.82 Å². The Bertz CT molecular complexity index is 1420. The molecular weight excluding hydrogens is 580 g/mol. The fourth-order valence-corrected chi connectivity index (χ4v) is 5.19. The van der Waals surface area contributed by atoms with Gasteiger partial charge < -0.3 is 10.6 Å². The number of fused-ring (bicyclic) bond motifs is 1. The summed E-state index contributed by atoms with van der Waals surface area (Å²) in [5.74, 6) is 1.24. The molecule has 9 nitrogen and oxygen atoms in total. The van der Waals surface area contributed by atoms with Crippen LogP contribution in [0.4, 0.5) is 10.2 Å². The van der Waals surface area contributed by atoms with E-state index >= 15 is 0 Å². The number of anilines is 1. The highest BCUT2D eigenvalue weighted by atomic mass is 127. The van der Waals surface area contributed by atoms with Crippen molar-refractivity contribution in [2.24, 2.45) is 0 Å². The van der Waals surface area contributed by atoms with E-state index in [1.54, 1.807) is 24.7 Å². The maximum atomic E-state index is 13.9. The second-order valence-electron chi connectivity index (χ2n) is 7.60. The number of nitrogens with one attached hydrogen (secondary N) is 2. The van der Waals surface area contributed by atoms with Gasteiger partial charge in [-0.3, -0.25) is 12.7 Å². The van der Waals surface area contributed by atoms with E-state index < -0.39 is 0 Å². The summed E-state index contributed by atoms with van der Waals surface area (Å²) in [6.07, 6.45) is 10.1. The highest BCUT2D eigenvalue weighted by Gasteiger charge is 2.12. The molecule has 0 aliphatic carbocycles. The number of nitrogens with zero attached hydrogens (tertiary/aromatic N) is 7. The first-order valence-electron chi connectivity index (χ1n) is 11.0. The fraction of sp³-hybridized carbons (Fsp3) is 0.217. The van der Waals surface area contributed by atoms with Crippen molar-refractivity contribution in [3.05, 3.63) is 77.7 Å². The van der Waals surface area contributed by atoms with Crippen molar-refractivity contribution >= 4 is 50.4 Å². The summed E-state index contributed by atoms with van der Waals surface area (Å²) >= 11 is 3.83. The lowest BCUT2D eigenvalue weighted by atomic mass is 10.2. The van der Waals surface area contributed by atoms with Gasteiger partial charge in [-0.25, -0.2) is 24.3 Å². The number of hydrogen-bond donors (Lipinski definition) is 2. The average Bonchev–Trinajstić information content (AvgIpc) is 3.47. The predicted molar refractivity (Wildman–Crippen MR) is 142 cm³/mol. The minimum Gasteiger partial charge on any atom is -0.362 e. The quantitative estimate of drug-likeness (QED) is 0.183. The third-order valence-corrected chi connectivity index (χ3v) is 7.39. The van der Waals surface area contributed by atoms with E-state index in [0.717, 1.165) is 52.9 Å². The fourth-order valence-electron chi connectivity index (χ4n) is 3.52. The first-order chi connectivity index (χ1) is 17.2. The molecule has 0 unspecified atom stereocenters. The summed E-state index contributed by atoms with van der Waals surface area (Å²) < 4.78 is 15.9. The van der Waals surface area contributed by atoms with Crippen LogP contribution in [-0.2, 0) is 19.4 Å². The SMILES string of the molecule is Fc1cccnc1CNc1ncnc2sc(CCNCCc3ncc(-c4ccncc4)n3I)nc12. The molecule has 5 heterocycles. The molecule has 2 N–H and O–H groups in total. The van der Waals surface area contributed by atoms with Gasteiger partial charge >= 0.3 is 0 Å². The van der Waals surface area contributed by atoms with E-state index in [4.69, 9.17) is 4.98 Å². The molecule has 0 amide bonds. The molecule has 35 heavy (non-hydrogen) atoms. The summed E-state index contributed by atoms with van der Waals surface area (Å²) in [5.41, 5.74) is 3.19. The van der Waals surface area contributed by atoms with Crippen LogP contribution in [0.15, 0.2) is 55.4 Å². The zero-order valence-corrected chi connectivity index (χ0v) is 21.5. The van der Waals surface area contributed by atoms with Crippen LogP contribution in [0.3, 0.4) is 0 Å². The first kappa shape index (κ1) is 23.6. The van der Waals surface area contributed by atoms with Gasteiger partial charge in [-0.05, 0) is 24.3 Å². The summed E-state index contributed by atoms with van der Waals surface area (Å²) in [5, 5.41) is 7.57. The van der Waals surface area contributed by atoms with Crippen molar-refractivity contribution < 1.29 is 4.39 Å². The van der Waals surface area contributed by atoms with Gasteiger partial charge in [-0.1, -0.05) is 11.3 Å². The van der Waals surface area contributed by atoms with Crippen LogP contribution in [0.1, 0.15) is 16.5 Å². The molecule has 0 aliphatic rings. The number of pyridine rings is 2. The molecule has 12 heteroatoms. The van der Waals surface area contributed by atoms with Crippen molar-refractivity contribution in [3.8, 4) is 11.3 Å². The third kappa shape index (κ3) is 5.60. The van der Waals surface area contributed by atoms with Crippen LogP contribution < -0.4 is 10.6 Å². The Hall–Kier alpha value is -3.10. The van der Waals surface area contributed by atoms with Crippen LogP contribution in [0.5, 0.6) is 0 Å². The lowest BCUT2D eigenvalue weighted by Crippen LogP contribution is -2.20. The van der Waals surface area contributed by atoms with Gasteiger partial charge in [-0.15, -0.1) is 0 Å². The van der Waals surface area contributed by atoms with E-state index in [1.807, 2.05) is 18.3 Å². The zero-order valence-electron chi connectivity index (χ0n) is 18.5. The molecule has 178 valence electrons. The van der Waals surface area contributed by atoms with Gasteiger partial charge in [0, 0.05) is 50.1 Å². The highest BCUT2D eigenvalue weighted by molar-refractivity contribution is 14.1. The van der Waals surface area contributed by atoms with E-state index in [1.165, 1.54) is 23.7 Å². The van der Waals surface area contributed by atoms with Gasteiger partial charge in [0.05, 0.1) is 52.0 Å². The summed E-state index contributed by atoms with van der Waals surface area (Å²) in [7, 11) is 0. The van der Waals surface area contributed by atoms with Gasteiger partial charge in [0.2, 0.25) is 0 Å². The van der Waals surface area contributed by atoms with Crippen molar-refractivity contribution in [1.29, 1.82) is 0 Å². The Morgan fingerprint density at radius 3 is 2.71 bits per heavy atom. The minimum atomic E-state index is -0.353. The Kier molecular flexibility index (Phi) is 7.49. The Morgan fingerprint density at radius 1 is 1.00 bits per heavy atom. The monoisotopic (exact) mass is 601 g/mol. The molecule has 0 aromatic carbocycles. The van der Waals surface area contributed by atoms with Crippen LogP contribution in [0.25, 0.3) is 21.6 Å². The topological polar surface area (TPSA) is 106 Å². The van der Waals surface area contributed by atoms with Gasteiger partial charge in [0.25, 0.3) is 0 Å². The lowest BCUT2D eigenvalue weighted by Gasteiger charge is -2.06. The number of hydrogen-bond acceptors (Lipinski definition) is 9. The number of thiazole rings is 1. The molecule has 5 aromatic heterocycles. The Morgan fingerprint density at radius 2 is 1.86 bits per heavy atom. The number of aromatic nitrogens is 7. The molecule has 0 bridgehead atoms. The first-order valence-corrected chi connectivity index (χ1v) is 12.7. The molecule has 0 spiro atoms. The second-order valence-corrected chi connectivity index (χ2v) is 9.62. The van der Waals surface area contributed by atoms with Crippen LogP contribution >= 0.6 is 34.2 Å². The molecule has 0 saturated heterocycles. The lowest BCUT2D eigenvalue weighted by molar-refractivity contribution is 0.602. The van der Waals surface area contributed by atoms with Gasteiger partial charge in [-0.2, -0.15) is 0 Å². The second kappa shape index (κ2) is 11.1. The molecule has 0 fully saturated rings. The molecule has 0 atom stereocenters. The zero-order chi connectivity index (χ0) is 24.0. The Balaban J connectivity index is 1.14. The molecular formula is C23H21FIN9S. The summed E-state index contributed by atoms with van der Waals surface area (Å²) in [4.78, 5) is 26.8. The number of rotatable bonds is 10. The largest absolute Gasteiger partial charge is 0.362 e. The highest BCUT2D eigenvalue weighted by Crippen LogP contribution is 2.25. The summed E-state index contributed by atoms with van der Waals surface area (Å²) in [6.45, 7) is 1.82. The maximum Gasteiger partial charge on any atom is 0.157 e. The van der Waals surface area contributed by atoms with Crippen molar-refractivity contribution in [3.63, 3.8) is 0 Å². The molecule has 5 aromatic rings. The van der Waals surface area contributed by atoms with Crippen LogP contribution in [-0.4, -0.2) is 45.8 Å². The number of imidazole rings is 1. The van der Waals surface area contributed by atoms with Gasteiger partial charge in [0.1, 0.15) is 28.3 Å². The molecule has 0 aliphatic heterocycles. The Labute approximate surface area is 218 Å². The molecule has 0 radical (unpaired) electrons. The number of halogens is 2. The van der Waals surface area contributed by atoms with Crippen LogP contribution in [0, 0.1) is 5.82 Å². The summed E-state index contributed by atoms with van der Waals surface area (Å²) in [6, 6.07) is 6.92. The van der Waals surface area contributed by atoms with E-state index in [9.17, 15) is 4.39 Å². The van der Waals surface area contributed by atoms with E-state index in [0.29, 0.717) is 17.0 Å². The van der Waals surface area contributed by atoms with Crippen LogP contribution in [0.2, 0.25) is 0 Å². The van der Waals surface area contributed by atoms with Crippen molar-refractivity contribution in [1.82, 2.24) is 38.0 Å². The van der Waals surface area contributed by atoms with Crippen molar-refractivity contribution in [2.75, 3.05) is 18.4 Å². The average molecular weight is 601 g/mol. The maximum absolute atomic E-state index is 13.9. The van der Waals surface area contributed by atoms with Crippen molar-refractivity contribution in [2.45, 2.75) is 19.4 Å². The normalized spacial score (nSPS) is 11.3. The smallest absolute Gasteiger partial charge is 0.157 e. The van der Waals surface area contributed by atoms with E-state index in [2.05, 4.69) is 61.2 Å².